The lowest BCUT2D eigenvalue weighted by atomic mass is 10.2. The van der Waals surface area contributed by atoms with Crippen LogP contribution in [0.1, 0.15) is 45.8 Å². The van der Waals surface area contributed by atoms with Gasteiger partial charge >= 0.3 is 5.97 Å². The van der Waals surface area contributed by atoms with Crippen LogP contribution in [0.5, 0.6) is 0 Å². The first-order chi connectivity index (χ1) is 13.3. The predicted octanol–water partition coefficient (Wildman–Crippen LogP) is 3.13. The molecule has 2 aromatic rings. The molecule has 1 atom stereocenters. The molecule has 29 heavy (non-hydrogen) atoms. The number of halogens is 1. The molecule has 0 aliphatic rings. The molecule has 0 bridgehead atoms. The zero-order valence-corrected chi connectivity index (χ0v) is 20.8. The van der Waals surface area contributed by atoms with E-state index in [9.17, 15) is 4.79 Å². The number of anilines is 1. The van der Waals surface area contributed by atoms with Crippen LogP contribution in [0.15, 0.2) is 23.3 Å². The highest BCUT2D eigenvalue weighted by Gasteiger charge is 2.20. The average Bonchev–Trinajstić information content (AvgIpc) is 3.07. The van der Waals surface area contributed by atoms with Crippen molar-refractivity contribution in [2.75, 3.05) is 32.6 Å². The number of ether oxygens (including phenoxy) is 1. The first-order valence-electron chi connectivity index (χ1n) is 9.09. The lowest BCUT2D eigenvalue weighted by molar-refractivity contribution is 0.0531. The fourth-order valence-electron chi connectivity index (χ4n) is 2.45. The van der Waals surface area contributed by atoms with Crippen molar-refractivity contribution in [2.24, 2.45) is 4.99 Å². The van der Waals surface area contributed by atoms with E-state index in [4.69, 9.17) is 4.74 Å². The second-order valence-corrected chi connectivity index (χ2v) is 7.43. The van der Waals surface area contributed by atoms with E-state index in [-0.39, 0.29) is 36.0 Å². The molecule has 0 aromatic carbocycles. The molecule has 0 aliphatic heterocycles. The standard InChI is InChI=1S/C19H28N6O2S.HI/c1-7-27-18(26)16-12(2)23-17(28-16)13(3)24-19(20-4)22-11-14-8-9-21-15(10-14)25(5)6;/h8-10,13H,7,11H2,1-6H3,(H2,20,22,24);1H. The van der Waals surface area contributed by atoms with E-state index in [0.29, 0.717) is 29.7 Å². The van der Waals surface area contributed by atoms with Crippen molar-refractivity contribution < 1.29 is 9.53 Å². The van der Waals surface area contributed by atoms with Gasteiger partial charge in [-0.1, -0.05) is 0 Å². The topological polar surface area (TPSA) is 91.7 Å². The third-order valence-electron chi connectivity index (χ3n) is 3.95. The third-order valence-corrected chi connectivity index (χ3v) is 5.27. The number of carbonyl (C=O) groups excluding carboxylic acids is 1. The highest BCUT2D eigenvalue weighted by Crippen LogP contribution is 2.24. The molecule has 0 amide bonds. The lowest BCUT2D eigenvalue weighted by Gasteiger charge is -2.17. The van der Waals surface area contributed by atoms with Gasteiger partial charge in [-0.25, -0.2) is 14.8 Å². The van der Waals surface area contributed by atoms with Crippen molar-refractivity contribution in [3.63, 3.8) is 0 Å². The average molecular weight is 532 g/mol. The minimum absolute atomic E-state index is 0. The van der Waals surface area contributed by atoms with Gasteiger partial charge in [-0.15, -0.1) is 35.3 Å². The van der Waals surface area contributed by atoms with Crippen molar-refractivity contribution in [1.29, 1.82) is 0 Å². The van der Waals surface area contributed by atoms with Crippen LogP contribution in [0.4, 0.5) is 5.82 Å². The Morgan fingerprint density at radius 1 is 1.41 bits per heavy atom. The Hall–Kier alpha value is -1.95. The second kappa shape index (κ2) is 11.9. The summed E-state index contributed by atoms with van der Waals surface area (Å²) in [6, 6.07) is 3.89. The van der Waals surface area contributed by atoms with Gasteiger partial charge in [0.15, 0.2) is 5.96 Å². The van der Waals surface area contributed by atoms with Crippen LogP contribution in [0.3, 0.4) is 0 Å². The summed E-state index contributed by atoms with van der Waals surface area (Å²) < 4.78 is 5.08. The molecule has 160 valence electrons. The van der Waals surface area contributed by atoms with Gasteiger partial charge in [0, 0.05) is 33.9 Å². The zero-order chi connectivity index (χ0) is 20.7. The summed E-state index contributed by atoms with van der Waals surface area (Å²) >= 11 is 1.34. The maximum absolute atomic E-state index is 12.0. The Kier molecular flexibility index (Phi) is 10.3. The van der Waals surface area contributed by atoms with Gasteiger partial charge in [0.1, 0.15) is 15.7 Å². The Morgan fingerprint density at radius 2 is 2.14 bits per heavy atom. The van der Waals surface area contributed by atoms with Crippen molar-refractivity contribution in [2.45, 2.75) is 33.4 Å². The fraction of sp³-hybridized carbons (Fsp3) is 0.474. The molecular formula is C19H29IN6O2S. The van der Waals surface area contributed by atoms with E-state index < -0.39 is 0 Å². The van der Waals surface area contributed by atoms with Gasteiger partial charge in [-0.3, -0.25) is 4.99 Å². The number of guanidine groups is 1. The summed E-state index contributed by atoms with van der Waals surface area (Å²) in [5.74, 6) is 1.23. The molecule has 0 saturated carbocycles. The van der Waals surface area contributed by atoms with Crippen molar-refractivity contribution in [1.82, 2.24) is 20.6 Å². The monoisotopic (exact) mass is 532 g/mol. The molecular weight excluding hydrogens is 503 g/mol. The molecule has 10 heteroatoms. The smallest absolute Gasteiger partial charge is 0.350 e. The number of pyridine rings is 1. The molecule has 2 rings (SSSR count). The van der Waals surface area contributed by atoms with E-state index in [1.54, 1.807) is 20.2 Å². The SMILES string of the molecule is CCOC(=O)c1sc(C(C)NC(=NC)NCc2ccnc(N(C)C)c2)nc1C.I. The van der Waals surface area contributed by atoms with E-state index in [1.807, 2.05) is 45.0 Å². The number of esters is 1. The summed E-state index contributed by atoms with van der Waals surface area (Å²) in [6.45, 7) is 6.55. The van der Waals surface area contributed by atoms with Crippen molar-refractivity contribution >= 4 is 53.1 Å². The highest BCUT2D eigenvalue weighted by atomic mass is 127. The fourth-order valence-corrected chi connectivity index (χ4v) is 3.41. The number of thiazole rings is 1. The van der Waals surface area contributed by atoms with Crippen LogP contribution in [0.25, 0.3) is 0 Å². The van der Waals surface area contributed by atoms with E-state index in [0.717, 1.165) is 16.4 Å². The van der Waals surface area contributed by atoms with Crippen molar-refractivity contribution in [3.05, 3.63) is 39.5 Å². The third kappa shape index (κ3) is 7.11. The summed E-state index contributed by atoms with van der Waals surface area (Å²) in [5, 5.41) is 7.41. The summed E-state index contributed by atoms with van der Waals surface area (Å²) in [6.07, 6.45) is 1.79. The normalized spacial score (nSPS) is 12.0. The van der Waals surface area contributed by atoms with Gasteiger partial charge in [0.25, 0.3) is 0 Å². The first kappa shape index (κ1) is 25.1. The largest absolute Gasteiger partial charge is 0.462 e. The van der Waals surface area contributed by atoms with Gasteiger partial charge in [0.2, 0.25) is 0 Å². The maximum atomic E-state index is 12.0. The molecule has 0 saturated heterocycles. The minimum Gasteiger partial charge on any atom is -0.462 e. The van der Waals surface area contributed by atoms with E-state index in [1.165, 1.54) is 11.3 Å². The maximum Gasteiger partial charge on any atom is 0.350 e. The Bertz CT molecular complexity index is 840. The van der Waals surface area contributed by atoms with E-state index in [2.05, 4.69) is 25.6 Å². The van der Waals surface area contributed by atoms with Gasteiger partial charge in [-0.2, -0.15) is 0 Å². The molecule has 8 nitrogen and oxygen atoms in total. The molecule has 0 spiro atoms. The van der Waals surface area contributed by atoms with Crippen LogP contribution in [0.2, 0.25) is 0 Å². The molecule has 2 heterocycles. The number of hydrogen-bond acceptors (Lipinski definition) is 7. The van der Waals surface area contributed by atoms with Gasteiger partial charge in [-0.05, 0) is 38.5 Å². The van der Waals surface area contributed by atoms with Crippen LogP contribution in [-0.2, 0) is 11.3 Å². The first-order valence-corrected chi connectivity index (χ1v) is 9.91. The number of hydrogen-bond donors (Lipinski definition) is 2. The minimum atomic E-state index is -0.326. The van der Waals surface area contributed by atoms with Crippen LogP contribution >= 0.6 is 35.3 Å². The molecule has 2 N–H and O–H groups in total. The Balaban J connectivity index is 0.00000420. The molecule has 0 fully saturated rings. The van der Waals surface area contributed by atoms with Crippen LogP contribution in [-0.4, -0.2) is 49.6 Å². The molecule has 0 aliphatic carbocycles. The predicted molar refractivity (Wildman–Crippen MR) is 129 cm³/mol. The zero-order valence-electron chi connectivity index (χ0n) is 17.6. The number of aromatic nitrogens is 2. The highest BCUT2D eigenvalue weighted by molar-refractivity contribution is 14.0. The molecule has 1 unspecified atom stereocenters. The second-order valence-electron chi connectivity index (χ2n) is 6.40. The molecule has 0 radical (unpaired) electrons. The number of nitrogens with zero attached hydrogens (tertiary/aromatic N) is 4. The summed E-state index contributed by atoms with van der Waals surface area (Å²) in [4.78, 5) is 27.6. The van der Waals surface area contributed by atoms with E-state index >= 15 is 0 Å². The lowest BCUT2D eigenvalue weighted by Crippen LogP contribution is -2.38. The molecule has 2 aromatic heterocycles. The Labute approximate surface area is 193 Å². The van der Waals surface area contributed by atoms with Crippen LogP contribution in [0, 0.1) is 6.92 Å². The van der Waals surface area contributed by atoms with Crippen molar-refractivity contribution in [3.8, 4) is 0 Å². The van der Waals surface area contributed by atoms with Gasteiger partial charge < -0.3 is 20.3 Å². The number of aliphatic imine (C=N–C) groups is 1. The number of aryl methyl sites for hydroxylation is 1. The summed E-state index contributed by atoms with van der Waals surface area (Å²) in [7, 11) is 5.64. The van der Waals surface area contributed by atoms with Crippen LogP contribution < -0.4 is 15.5 Å². The van der Waals surface area contributed by atoms with Gasteiger partial charge in [0.05, 0.1) is 18.3 Å². The number of nitrogens with one attached hydrogen (secondary N) is 2. The Morgan fingerprint density at radius 3 is 2.76 bits per heavy atom. The summed E-state index contributed by atoms with van der Waals surface area (Å²) in [5.41, 5.74) is 1.78. The number of rotatable bonds is 7. The quantitative estimate of drug-likeness (QED) is 0.245. The number of carbonyl (C=O) groups is 1.